The lowest BCUT2D eigenvalue weighted by molar-refractivity contribution is -0.137. The van der Waals surface area contributed by atoms with Crippen LogP contribution in [0.1, 0.15) is 5.56 Å². The van der Waals surface area contributed by atoms with E-state index in [0.29, 0.717) is 17.2 Å². The van der Waals surface area contributed by atoms with Gasteiger partial charge in [0.1, 0.15) is 11.5 Å². The van der Waals surface area contributed by atoms with Crippen LogP contribution in [0, 0.1) is 5.82 Å². The van der Waals surface area contributed by atoms with Crippen molar-refractivity contribution in [3.8, 4) is 22.4 Å². The summed E-state index contributed by atoms with van der Waals surface area (Å²) in [5.74, 6) is -1.13. The molecular formula is C15H9F4N3O. The fourth-order valence-electron chi connectivity index (χ4n) is 2.17. The molecule has 1 aromatic carbocycles. The second kappa shape index (κ2) is 5.38. The quantitative estimate of drug-likeness (QED) is 0.720. The van der Waals surface area contributed by atoms with Gasteiger partial charge in [-0.3, -0.25) is 4.98 Å². The Kier molecular flexibility index (Phi) is 3.51. The number of benzene rings is 1. The van der Waals surface area contributed by atoms with E-state index in [9.17, 15) is 17.6 Å². The van der Waals surface area contributed by atoms with Crippen LogP contribution in [0.25, 0.3) is 22.4 Å². The largest absolute Gasteiger partial charge is 0.416 e. The number of pyridine rings is 1. The summed E-state index contributed by atoms with van der Waals surface area (Å²) in [7, 11) is 0. The highest BCUT2D eigenvalue weighted by atomic mass is 19.4. The third-order valence-corrected chi connectivity index (χ3v) is 3.24. The minimum absolute atomic E-state index is 0.0277. The molecule has 118 valence electrons. The summed E-state index contributed by atoms with van der Waals surface area (Å²) in [5, 5.41) is 3.67. The molecular weight excluding hydrogens is 314 g/mol. The molecule has 0 spiro atoms. The van der Waals surface area contributed by atoms with Gasteiger partial charge in [-0.2, -0.15) is 13.2 Å². The Hall–Kier alpha value is -2.90. The fraction of sp³-hybridized carbons (Fsp3) is 0.0667. The Bertz CT molecular complexity index is 844. The van der Waals surface area contributed by atoms with E-state index in [2.05, 4.69) is 10.1 Å². The summed E-state index contributed by atoms with van der Waals surface area (Å²) in [5.41, 5.74) is 5.38. The standard InChI is InChI=1S/C15H9F4N3O/c16-11-7-9(15(17,18)19)1-2-10(11)13-12(14(20)23-22-13)8-3-5-21-6-4-8/h1-7H,20H2. The molecule has 0 radical (unpaired) electrons. The van der Waals surface area contributed by atoms with Gasteiger partial charge >= 0.3 is 6.18 Å². The number of alkyl halides is 3. The number of nitrogens with zero attached hydrogens (tertiary/aromatic N) is 2. The molecule has 0 amide bonds. The van der Waals surface area contributed by atoms with Gasteiger partial charge in [-0.05, 0) is 35.9 Å². The van der Waals surface area contributed by atoms with Gasteiger partial charge in [0.05, 0.1) is 11.1 Å². The third-order valence-electron chi connectivity index (χ3n) is 3.24. The molecule has 2 heterocycles. The fourth-order valence-corrected chi connectivity index (χ4v) is 2.17. The Morgan fingerprint density at radius 1 is 1.04 bits per heavy atom. The average molecular weight is 323 g/mol. The van der Waals surface area contributed by atoms with Crippen molar-refractivity contribution in [1.29, 1.82) is 0 Å². The minimum atomic E-state index is -4.63. The second-order valence-electron chi connectivity index (χ2n) is 4.70. The number of nitrogens with two attached hydrogens (primary N) is 1. The topological polar surface area (TPSA) is 64.9 Å². The van der Waals surface area contributed by atoms with Crippen molar-refractivity contribution >= 4 is 5.88 Å². The molecule has 2 aromatic heterocycles. The highest BCUT2D eigenvalue weighted by Gasteiger charge is 2.32. The average Bonchev–Trinajstić information content (AvgIpc) is 2.88. The van der Waals surface area contributed by atoms with Crippen molar-refractivity contribution in [2.45, 2.75) is 6.18 Å². The van der Waals surface area contributed by atoms with Gasteiger partial charge in [0.2, 0.25) is 5.88 Å². The molecule has 0 aliphatic rings. The van der Waals surface area contributed by atoms with Crippen LogP contribution in [0.2, 0.25) is 0 Å². The Morgan fingerprint density at radius 2 is 1.74 bits per heavy atom. The number of nitrogen functional groups attached to an aromatic ring is 1. The van der Waals surface area contributed by atoms with Gasteiger partial charge in [-0.1, -0.05) is 5.16 Å². The predicted octanol–water partition coefficient (Wildman–Crippen LogP) is 4.14. The van der Waals surface area contributed by atoms with Crippen LogP contribution in [0.5, 0.6) is 0 Å². The maximum atomic E-state index is 14.1. The first-order chi connectivity index (χ1) is 10.9. The molecule has 4 nitrogen and oxygen atoms in total. The van der Waals surface area contributed by atoms with E-state index in [-0.39, 0.29) is 17.1 Å². The maximum Gasteiger partial charge on any atom is 0.416 e. The third kappa shape index (κ3) is 2.75. The molecule has 23 heavy (non-hydrogen) atoms. The van der Waals surface area contributed by atoms with Crippen molar-refractivity contribution in [3.05, 3.63) is 54.1 Å². The van der Waals surface area contributed by atoms with Crippen LogP contribution in [0.15, 0.2) is 47.2 Å². The molecule has 2 N–H and O–H groups in total. The first-order valence-corrected chi connectivity index (χ1v) is 6.40. The number of halogens is 4. The van der Waals surface area contributed by atoms with Crippen LogP contribution < -0.4 is 5.73 Å². The molecule has 8 heteroatoms. The van der Waals surface area contributed by atoms with Gasteiger partial charge in [0.15, 0.2) is 0 Å². The lowest BCUT2D eigenvalue weighted by Crippen LogP contribution is -2.05. The number of anilines is 1. The lowest BCUT2D eigenvalue weighted by Gasteiger charge is -2.09. The zero-order chi connectivity index (χ0) is 16.6. The van der Waals surface area contributed by atoms with Crippen molar-refractivity contribution in [2.24, 2.45) is 0 Å². The van der Waals surface area contributed by atoms with E-state index in [1.54, 1.807) is 12.1 Å². The minimum Gasteiger partial charge on any atom is -0.367 e. The molecule has 0 bridgehead atoms. The monoisotopic (exact) mass is 323 g/mol. The van der Waals surface area contributed by atoms with Gasteiger partial charge in [0, 0.05) is 18.0 Å². The first-order valence-electron chi connectivity index (χ1n) is 6.40. The van der Waals surface area contributed by atoms with Crippen molar-refractivity contribution in [3.63, 3.8) is 0 Å². The zero-order valence-electron chi connectivity index (χ0n) is 11.4. The van der Waals surface area contributed by atoms with E-state index < -0.39 is 17.6 Å². The maximum absolute atomic E-state index is 14.1. The first kappa shape index (κ1) is 15.0. The van der Waals surface area contributed by atoms with E-state index >= 15 is 0 Å². The summed E-state index contributed by atoms with van der Waals surface area (Å²) in [6, 6.07) is 5.40. The number of hydrogen-bond acceptors (Lipinski definition) is 4. The van der Waals surface area contributed by atoms with Gasteiger partial charge in [-0.15, -0.1) is 0 Å². The SMILES string of the molecule is Nc1onc(-c2ccc(C(F)(F)F)cc2F)c1-c1ccncc1. The molecule has 3 rings (SSSR count). The van der Waals surface area contributed by atoms with Crippen molar-refractivity contribution in [1.82, 2.24) is 10.1 Å². The lowest BCUT2D eigenvalue weighted by atomic mass is 10.0. The predicted molar refractivity (Wildman–Crippen MR) is 74.5 cm³/mol. The number of rotatable bonds is 2. The van der Waals surface area contributed by atoms with E-state index in [4.69, 9.17) is 10.3 Å². The van der Waals surface area contributed by atoms with E-state index in [1.807, 2.05) is 0 Å². The summed E-state index contributed by atoms with van der Waals surface area (Å²) in [6.07, 6.45) is -1.64. The molecule has 0 saturated heterocycles. The highest BCUT2D eigenvalue weighted by molar-refractivity contribution is 5.86. The van der Waals surface area contributed by atoms with Gasteiger partial charge < -0.3 is 10.3 Å². The van der Waals surface area contributed by atoms with Crippen molar-refractivity contribution in [2.75, 3.05) is 5.73 Å². The molecule has 3 aromatic rings. The number of hydrogen-bond donors (Lipinski definition) is 1. The Labute approximate surface area is 127 Å². The second-order valence-corrected chi connectivity index (χ2v) is 4.70. The highest BCUT2D eigenvalue weighted by Crippen LogP contribution is 2.38. The molecule has 0 aliphatic heterocycles. The van der Waals surface area contributed by atoms with Crippen LogP contribution in [-0.4, -0.2) is 10.1 Å². The van der Waals surface area contributed by atoms with Gasteiger partial charge in [0.25, 0.3) is 0 Å². The summed E-state index contributed by atoms with van der Waals surface area (Å²) in [4.78, 5) is 3.85. The van der Waals surface area contributed by atoms with Gasteiger partial charge in [-0.25, -0.2) is 4.39 Å². The van der Waals surface area contributed by atoms with E-state index in [0.717, 1.165) is 12.1 Å². The smallest absolute Gasteiger partial charge is 0.367 e. The molecule has 0 aliphatic carbocycles. The molecule has 0 fully saturated rings. The van der Waals surface area contributed by atoms with Crippen LogP contribution >= 0.6 is 0 Å². The van der Waals surface area contributed by atoms with Crippen LogP contribution in [-0.2, 0) is 6.18 Å². The van der Waals surface area contributed by atoms with Crippen LogP contribution in [0.4, 0.5) is 23.4 Å². The zero-order valence-corrected chi connectivity index (χ0v) is 11.4. The van der Waals surface area contributed by atoms with Crippen LogP contribution in [0.3, 0.4) is 0 Å². The molecule has 0 atom stereocenters. The molecule has 0 unspecified atom stereocenters. The van der Waals surface area contributed by atoms with E-state index in [1.165, 1.54) is 12.4 Å². The summed E-state index contributed by atoms with van der Waals surface area (Å²) in [6.45, 7) is 0. The Balaban J connectivity index is 2.14. The Morgan fingerprint density at radius 3 is 2.35 bits per heavy atom. The number of aromatic nitrogens is 2. The normalized spacial score (nSPS) is 11.7. The molecule has 0 saturated carbocycles. The summed E-state index contributed by atoms with van der Waals surface area (Å²) < 4.78 is 56.9. The van der Waals surface area contributed by atoms with Crippen molar-refractivity contribution < 1.29 is 22.1 Å². The summed E-state index contributed by atoms with van der Waals surface area (Å²) >= 11 is 0.